The van der Waals surface area contributed by atoms with Crippen molar-refractivity contribution < 1.29 is 0 Å². The molecule has 2 rings (SSSR count). The molecule has 0 N–H and O–H groups in total. The smallest absolute Gasteiger partial charge is 0.136 e. The van der Waals surface area contributed by atoms with Crippen LogP contribution in [0.1, 0.15) is 0 Å². The summed E-state index contributed by atoms with van der Waals surface area (Å²) in [5, 5.41) is 5.72. The zero-order valence-electron chi connectivity index (χ0n) is 7.05. The lowest BCUT2D eigenvalue weighted by atomic mass is 10.1. The molecule has 4 nitrogen and oxygen atoms in total. The van der Waals surface area contributed by atoms with E-state index in [1.54, 1.807) is 24.4 Å². The van der Waals surface area contributed by atoms with Crippen molar-refractivity contribution in [3.63, 3.8) is 0 Å². The van der Waals surface area contributed by atoms with E-state index in [1.165, 1.54) is 0 Å². The van der Waals surface area contributed by atoms with E-state index in [-0.39, 0.29) is 0 Å². The van der Waals surface area contributed by atoms with Gasteiger partial charge in [-0.15, -0.1) is 0 Å². The summed E-state index contributed by atoms with van der Waals surface area (Å²) >= 11 is 5.87. The van der Waals surface area contributed by atoms with Crippen LogP contribution in [0, 0.1) is 0 Å². The number of azide groups is 1. The molecule has 0 aliphatic heterocycles. The van der Waals surface area contributed by atoms with Crippen molar-refractivity contribution in [1.29, 1.82) is 0 Å². The molecule has 2 aromatic rings. The molecule has 0 radical (unpaired) electrons. The van der Waals surface area contributed by atoms with E-state index in [2.05, 4.69) is 15.0 Å². The molecule has 1 aromatic carbocycles. The first-order valence-corrected chi connectivity index (χ1v) is 4.28. The summed E-state index contributed by atoms with van der Waals surface area (Å²) in [5.41, 5.74) is 8.84. The average Bonchev–Trinajstić information content (AvgIpc) is 2.18. The van der Waals surface area contributed by atoms with Gasteiger partial charge in [0.25, 0.3) is 0 Å². The Bertz CT molecular complexity index is 531. The van der Waals surface area contributed by atoms with Gasteiger partial charge in [-0.2, -0.15) is 0 Å². The van der Waals surface area contributed by atoms with Crippen molar-refractivity contribution in [2.75, 3.05) is 0 Å². The van der Waals surface area contributed by atoms with Crippen LogP contribution in [-0.4, -0.2) is 4.98 Å². The highest BCUT2D eigenvalue weighted by Gasteiger charge is 1.99. The van der Waals surface area contributed by atoms with Crippen LogP contribution < -0.4 is 0 Å². The highest BCUT2D eigenvalue weighted by atomic mass is 35.5. The molecule has 0 unspecified atom stereocenters. The largest absolute Gasteiger partial charge is 0.244 e. The van der Waals surface area contributed by atoms with E-state index in [0.717, 1.165) is 10.8 Å². The van der Waals surface area contributed by atoms with Crippen molar-refractivity contribution in [3.05, 3.63) is 46.1 Å². The second kappa shape index (κ2) is 3.54. The molecular formula is C9H5ClN4. The first-order chi connectivity index (χ1) is 6.81. The quantitative estimate of drug-likeness (QED) is 0.301. The number of benzene rings is 1. The van der Waals surface area contributed by atoms with Gasteiger partial charge < -0.3 is 0 Å². The fourth-order valence-corrected chi connectivity index (χ4v) is 1.47. The summed E-state index contributed by atoms with van der Waals surface area (Å²) in [6.07, 6.45) is 1.62. The van der Waals surface area contributed by atoms with Gasteiger partial charge in [-0.1, -0.05) is 28.8 Å². The Morgan fingerprint density at radius 3 is 3.00 bits per heavy atom. The minimum atomic E-state index is 0.454. The van der Waals surface area contributed by atoms with Gasteiger partial charge in [-0.05, 0) is 23.1 Å². The lowest BCUT2D eigenvalue weighted by Gasteiger charge is -1.99. The Hall–Kier alpha value is -1.77. The van der Waals surface area contributed by atoms with Crippen LogP contribution in [0.3, 0.4) is 0 Å². The number of aromatic nitrogens is 1. The third kappa shape index (κ3) is 1.48. The van der Waals surface area contributed by atoms with E-state index in [0.29, 0.717) is 10.8 Å². The van der Waals surface area contributed by atoms with Crippen LogP contribution in [0.15, 0.2) is 35.6 Å². The molecular weight excluding hydrogens is 200 g/mol. The molecule has 0 saturated carbocycles. The van der Waals surface area contributed by atoms with E-state index in [4.69, 9.17) is 17.1 Å². The summed E-state index contributed by atoms with van der Waals surface area (Å²) in [4.78, 5) is 6.66. The third-order valence-electron chi connectivity index (χ3n) is 1.86. The van der Waals surface area contributed by atoms with Crippen LogP contribution in [0.25, 0.3) is 21.2 Å². The molecule has 5 heteroatoms. The molecule has 0 spiro atoms. The molecule has 0 bridgehead atoms. The van der Waals surface area contributed by atoms with E-state index in [9.17, 15) is 0 Å². The van der Waals surface area contributed by atoms with Gasteiger partial charge in [-0.3, -0.25) is 0 Å². The lowest BCUT2D eigenvalue weighted by Crippen LogP contribution is -1.77. The Kier molecular flexibility index (Phi) is 2.23. The molecule has 68 valence electrons. The maximum absolute atomic E-state index is 8.27. The van der Waals surface area contributed by atoms with Crippen LogP contribution in [0.5, 0.6) is 0 Å². The Morgan fingerprint density at radius 1 is 1.36 bits per heavy atom. The summed E-state index contributed by atoms with van der Waals surface area (Å²) in [6.45, 7) is 0. The summed E-state index contributed by atoms with van der Waals surface area (Å²) in [6, 6.07) is 7.07. The fourth-order valence-electron chi connectivity index (χ4n) is 1.24. The van der Waals surface area contributed by atoms with Crippen LogP contribution in [0.2, 0.25) is 5.15 Å². The first kappa shape index (κ1) is 8.81. The van der Waals surface area contributed by atoms with Crippen LogP contribution in [-0.2, 0) is 0 Å². The van der Waals surface area contributed by atoms with Gasteiger partial charge in [0.05, 0.1) is 0 Å². The van der Waals surface area contributed by atoms with Crippen molar-refractivity contribution in [1.82, 2.24) is 4.98 Å². The summed E-state index contributed by atoms with van der Waals surface area (Å²) < 4.78 is 0. The number of pyridine rings is 1. The van der Waals surface area contributed by atoms with Gasteiger partial charge in [-0.25, -0.2) is 4.98 Å². The second-order valence-electron chi connectivity index (χ2n) is 2.70. The number of hydrogen-bond donors (Lipinski definition) is 0. The molecule has 0 atom stereocenters. The molecule has 1 heterocycles. The first-order valence-electron chi connectivity index (χ1n) is 3.90. The molecule has 0 fully saturated rings. The number of fused-ring (bicyclic) bond motifs is 1. The van der Waals surface area contributed by atoms with Gasteiger partial charge in [0.1, 0.15) is 5.15 Å². The van der Waals surface area contributed by atoms with Crippen molar-refractivity contribution in [2.24, 2.45) is 5.11 Å². The molecule has 0 aliphatic rings. The Labute approximate surface area is 84.8 Å². The van der Waals surface area contributed by atoms with Crippen LogP contribution >= 0.6 is 11.6 Å². The SMILES string of the molecule is [N-]=[N+]=Nc1ccc2c(Cl)nccc2c1. The number of nitrogens with zero attached hydrogens (tertiary/aromatic N) is 4. The second-order valence-corrected chi connectivity index (χ2v) is 3.05. The maximum Gasteiger partial charge on any atom is 0.136 e. The number of rotatable bonds is 1. The Morgan fingerprint density at radius 2 is 2.21 bits per heavy atom. The molecule has 0 aliphatic carbocycles. The zero-order valence-corrected chi connectivity index (χ0v) is 7.81. The Balaban J connectivity index is 2.73. The highest BCUT2D eigenvalue weighted by molar-refractivity contribution is 6.34. The van der Waals surface area contributed by atoms with Gasteiger partial charge >= 0.3 is 0 Å². The average molecular weight is 205 g/mol. The summed E-state index contributed by atoms with van der Waals surface area (Å²) in [7, 11) is 0. The minimum absolute atomic E-state index is 0.454. The van der Waals surface area contributed by atoms with E-state index in [1.807, 2.05) is 6.07 Å². The fraction of sp³-hybridized carbons (Fsp3) is 0. The molecule has 1 aromatic heterocycles. The van der Waals surface area contributed by atoms with E-state index < -0.39 is 0 Å². The summed E-state index contributed by atoms with van der Waals surface area (Å²) in [5.74, 6) is 0. The normalized spacial score (nSPS) is 9.79. The van der Waals surface area contributed by atoms with Crippen molar-refractivity contribution >= 4 is 28.1 Å². The van der Waals surface area contributed by atoms with E-state index >= 15 is 0 Å². The predicted molar refractivity (Wildman–Crippen MR) is 55.6 cm³/mol. The monoisotopic (exact) mass is 204 g/mol. The molecule has 0 amide bonds. The zero-order chi connectivity index (χ0) is 9.97. The van der Waals surface area contributed by atoms with Crippen LogP contribution in [0.4, 0.5) is 5.69 Å². The number of hydrogen-bond acceptors (Lipinski definition) is 2. The molecule has 14 heavy (non-hydrogen) atoms. The van der Waals surface area contributed by atoms with Crippen molar-refractivity contribution in [3.8, 4) is 0 Å². The minimum Gasteiger partial charge on any atom is -0.244 e. The van der Waals surface area contributed by atoms with Crippen molar-refractivity contribution in [2.45, 2.75) is 0 Å². The lowest BCUT2D eigenvalue weighted by molar-refractivity contribution is 1.36. The number of halogens is 1. The predicted octanol–water partition coefficient (Wildman–Crippen LogP) is 3.83. The van der Waals surface area contributed by atoms with Gasteiger partial charge in [0.15, 0.2) is 0 Å². The molecule has 0 saturated heterocycles. The highest BCUT2D eigenvalue weighted by Crippen LogP contribution is 2.25. The van der Waals surface area contributed by atoms with Gasteiger partial charge in [0, 0.05) is 22.2 Å². The maximum atomic E-state index is 8.27. The topological polar surface area (TPSA) is 61.7 Å². The van der Waals surface area contributed by atoms with Gasteiger partial charge in [0.2, 0.25) is 0 Å². The third-order valence-corrected chi connectivity index (χ3v) is 2.16. The standard InChI is InChI=1S/C9H5ClN4/c10-9-8-2-1-7(13-14-11)5-6(8)3-4-12-9/h1-5H.